The molecule has 0 radical (unpaired) electrons. The molecule has 0 aliphatic carbocycles. The van der Waals surface area contributed by atoms with E-state index in [0.717, 1.165) is 12.1 Å². The molecule has 0 aliphatic rings. The largest absolute Gasteiger partial charge is 0.305 e. The molecule has 0 aliphatic heterocycles. The highest BCUT2D eigenvalue weighted by atomic mass is 32.2. The molecule has 1 aromatic carbocycles. The van der Waals surface area contributed by atoms with E-state index in [9.17, 15) is 8.42 Å². The van der Waals surface area contributed by atoms with Crippen LogP contribution in [-0.2, 0) is 16.6 Å². The van der Waals surface area contributed by atoms with Crippen molar-refractivity contribution < 1.29 is 8.42 Å². The van der Waals surface area contributed by atoms with Crippen LogP contribution in [0.2, 0.25) is 0 Å². The Bertz CT molecular complexity index is 395. The van der Waals surface area contributed by atoms with Gasteiger partial charge in [0.05, 0.1) is 4.90 Å². The van der Waals surface area contributed by atoms with Crippen molar-refractivity contribution >= 4 is 10.0 Å². The minimum atomic E-state index is -3.56. The van der Waals surface area contributed by atoms with E-state index in [0.29, 0.717) is 0 Å². The topological polar surface area (TPSA) is 63.4 Å². The van der Waals surface area contributed by atoms with Gasteiger partial charge in [-0.1, -0.05) is 12.1 Å². The predicted molar refractivity (Wildman–Crippen MR) is 55.2 cm³/mol. The number of nitrogens with zero attached hydrogens (tertiary/aromatic N) is 1. The molecule has 0 saturated carbocycles. The van der Waals surface area contributed by atoms with Crippen molar-refractivity contribution in [1.29, 1.82) is 0 Å². The molecule has 4 nitrogen and oxygen atoms in total. The molecule has 1 aromatic rings. The lowest BCUT2D eigenvalue weighted by Gasteiger charge is -2.09. The van der Waals surface area contributed by atoms with E-state index in [4.69, 9.17) is 5.14 Å². The van der Waals surface area contributed by atoms with Gasteiger partial charge in [-0.2, -0.15) is 0 Å². The maximum Gasteiger partial charge on any atom is 0.238 e. The van der Waals surface area contributed by atoms with Crippen LogP contribution in [0.15, 0.2) is 29.2 Å². The van der Waals surface area contributed by atoms with Crippen LogP contribution in [0.5, 0.6) is 0 Å². The van der Waals surface area contributed by atoms with E-state index in [2.05, 4.69) is 0 Å². The molecule has 0 amide bonds. The van der Waals surface area contributed by atoms with Crippen molar-refractivity contribution in [3.8, 4) is 0 Å². The van der Waals surface area contributed by atoms with Gasteiger partial charge in [0.25, 0.3) is 0 Å². The van der Waals surface area contributed by atoms with E-state index in [1.165, 1.54) is 12.1 Å². The molecule has 0 saturated heterocycles. The second kappa shape index (κ2) is 4.08. The van der Waals surface area contributed by atoms with Gasteiger partial charge >= 0.3 is 0 Å². The Morgan fingerprint density at radius 2 is 1.71 bits per heavy atom. The van der Waals surface area contributed by atoms with Crippen LogP contribution in [-0.4, -0.2) is 27.4 Å². The molecule has 0 unspecified atom stereocenters. The number of hydrogen-bond acceptors (Lipinski definition) is 3. The maximum absolute atomic E-state index is 10.9. The van der Waals surface area contributed by atoms with Crippen LogP contribution in [0.3, 0.4) is 0 Å². The molecule has 5 heteroatoms. The highest BCUT2D eigenvalue weighted by Crippen LogP contribution is 2.09. The number of sulfonamides is 1. The van der Waals surface area contributed by atoms with Gasteiger partial charge < -0.3 is 4.90 Å². The Balaban J connectivity index is 2.90. The van der Waals surface area contributed by atoms with Crippen LogP contribution in [0, 0.1) is 0 Å². The van der Waals surface area contributed by atoms with Crippen LogP contribution in [0.1, 0.15) is 5.56 Å². The lowest BCUT2D eigenvalue weighted by Crippen LogP contribution is -2.13. The molecular formula is C9H14N2O2S. The zero-order valence-electron chi connectivity index (χ0n) is 8.27. The van der Waals surface area contributed by atoms with E-state index < -0.39 is 10.0 Å². The van der Waals surface area contributed by atoms with E-state index in [1.807, 2.05) is 19.0 Å². The summed E-state index contributed by atoms with van der Waals surface area (Å²) < 4.78 is 21.9. The fourth-order valence-corrected chi connectivity index (χ4v) is 1.67. The summed E-state index contributed by atoms with van der Waals surface area (Å²) in [6.45, 7) is 0.783. The first-order valence-corrected chi connectivity index (χ1v) is 5.71. The lowest BCUT2D eigenvalue weighted by molar-refractivity contribution is 0.402. The van der Waals surface area contributed by atoms with Crippen molar-refractivity contribution in [2.75, 3.05) is 14.1 Å². The molecule has 0 heterocycles. The summed E-state index contributed by atoms with van der Waals surface area (Å²) in [5.74, 6) is 0. The molecule has 14 heavy (non-hydrogen) atoms. The lowest BCUT2D eigenvalue weighted by atomic mass is 10.2. The summed E-state index contributed by atoms with van der Waals surface area (Å²) in [5, 5.41) is 4.97. The fraction of sp³-hybridized carbons (Fsp3) is 0.333. The van der Waals surface area contributed by atoms with Gasteiger partial charge in [-0.15, -0.1) is 0 Å². The van der Waals surface area contributed by atoms with Gasteiger partial charge in [-0.3, -0.25) is 0 Å². The number of rotatable bonds is 3. The highest BCUT2D eigenvalue weighted by molar-refractivity contribution is 7.89. The first-order chi connectivity index (χ1) is 6.39. The summed E-state index contributed by atoms with van der Waals surface area (Å²) in [7, 11) is 0.342. The van der Waals surface area contributed by atoms with Crippen LogP contribution >= 0.6 is 0 Å². The van der Waals surface area contributed by atoms with Crippen molar-refractivity contribution in [2.24, 2.45) is 5.14 Å². The summed E-state index contributed by atoms with van der Waals surface area (Å²) in [6, 6.07) is 6.57. The zero-order valence-corrected chi connectivity index (χ0v) is 9.08. The molecule has 1 rings (SSSR count). The first-order valence-electron chi connectivity index (χ1n) is 4.16. The van der Waals surface area contributed by atoms with E-state index in [1.54, 1.807) is 12.1 Å². The number of hydrogen-bond donors (Lipinski definition) is 1. The van der Waals surface area contributed by atoms with E-state index in [-0.39, 0.29) is 4.90 Å². The normalized spacial score (nSPS) is 12.0. The Morgan fingerprint density at radius 1 is 1.21 bits per heavy atom. The summed E-state index contributed by atoms with van der Waals surface area (Å²) in [6.07, 6.45) is 0. The quantitative estimate of drug-likeness (QED) is 0.792. The molecule has 0 atom stereocenters. The fourth-order valence-electron chi connectivity index (χ4n) is 1.15. The molecule has 0 spiro atoms. The summed E-state index contributed by atoms with van der Waals surface area (Å²) >= 11 is 0. The van der Waals surface area contributed by atoms with Gasteiger partial charge in [0.15, 0.2) is 0 Å². The smallest absolute Gasteiger partial charge is 0.238 e. The van der Waals surface area contributed by atoms with Crippen molar-refractivity contribution in [2.45, 2.75) is 11.4 Å². The molecule has 2 N–H and O–H groups in total. The van der Waals surface area contributed by atoms with Crippen molar-refractivity contribution in [3.63, 3.8) is 0 Å². The maximum atomic E-state index is 10.9. The predicted octanol–water partition coefficient (Wildman–Crippen LogP) is 0.396. The number of benzene rings is 1. The molecule has 78 valence electrons. The van der Waals surface area contributed by atoms with Gasteiger partial charge in [0.2, 0.25) is 10.0 Å². The van der Waals surface area contributed by atoms with Gasteiger partial charge in [-0.25, -0.2) is 13.6 Å². The van der Waals surface area contributed by atoms with Crippen molar-refractivity contribution in [3.05, 3.63) is 29.8 Å². The third kappa shape index (κ3) is 3.10. The molecular weight excluding hydrogens is 200 g/mol. The average molecular weight is 214 g/mol. The summed E-state index contributed by atoms with van der Waals surface area (Å²) in [4.78, 5) is 2.16. The molecule has 0 fully saturated rings. The zero-order chi connectivity index (χ0) is 10.8. The van der Waals surface area contributed by atoms with Gasteiger partial charge in [-0.05, 0) is 31.8 Å². The standard InChI is InChI=1S/C9H14N2O2S/c1-11(2)7-8-3-5-9(6-4-8)14(10,12)13/h3-6H,7H2,1-2H3,(H2,10,12,13). The minimum absolute atomic E-state index is 0.153. The third-order valence-corrected chi connectivity index (χ3v) is 2.68. The minimum Gasteiger partial charge on any atom is -0.305 e. The second-order valence-electron chi connectivity index (χ2n) is 3.43. The number of nitrogens with two attached hydrogens (primary N) is 1. The first kappa shape index (κ1) is 11.2. The SMILES string of the molecule is CN(C)Cc1ccc(S(N)(=O)=O)cc1. The Kier molecular flexibility index (Phi) is 3.25. The molecule has 0 bridgehead atoms. The van der Waals surface area contributed by atoms with Crippen molar-refractivity contribution in [1.82, 2.24) is 4.90 Å². The van der Waals surface area contributed by atoms with Gasteiger partial charge in [0, 0.05) is 6.54 Å². The van der Waals surface area contributed by atoms with Gasteiger partial charge in [0.1, 0.15) is 0 Å². The average Bonchev–Trinajstić information content (AvgIpc) is 2.02. The van der Waals surface area contributed by atoms with Crippen LogP contribution < -0.4 is 5.14 Å². The van der Waals surface area contributed by atoms with Crippen LogP contribution in [0.4, 0.5) is 0 Å². The Morgan fingerprint density at radius 3 is 2.07 bits per heavy atom. The monoisotopic (exact) mass is 214 g/mol. The Labute approximate surface area is 84.4 Å². The molecule has 0 aromatic heterocycles. The summed E-state index contributed by atoms with van der Waals surface area (Å²) in [5.41, 5.74) is 1.06. The third-order valence-electron chi connectivity index (χ3n) is 1.75. The number of primary sulfonamides is 1. The Hall–Kier alpha value is -0.910. The van der Waals surface area contributed by atoms with Crippen LogP contribution in [0.25, 0.3) is 0 Å². The second-order valence-corrected chi connectivity index (χ2v) is 4.99. The highest BCUT2D eigenvalue weighted by Gasteiger charge is 2.06. The van der Waals surface area contributed by atoms with E-state index >= 15 is 0 Å².